The summed E-state index contributed by atoms with van der Waals surface area (Å²) in [6.45, 7) is 0. The maximum absolute atomic E-state index is 5.78. The van der Waals surface area contributed by atoms with Crippen LogP contribution >= 0.6 is 11.3 Å². The fourth-order valence-corrected chi connectivity index (χ4v) is 1.79. The van der Waals surface area contributed by atoms with Crippen LogP contribution in [0.5, 0.6) is 0 Å². The fraction of sp³-hybridized carbons (Fsp3) is 0. The van der Waals surface area contributed by atoms with Gasteiger partial charge in [-0.2, -0.15) is 0 Å². The summed E-state index contributed by atoms with van der Waals surface area (Å²) in [5.41, 5.74) is 8.06. The van der Waals surface area contributed by atoms with Gasteiger partial charge in [-0.1, -0.05) is 24.3 Å². The predicted octanol–water partition coefficient (Wildman–Crippen LogP) is 2.80. The molecule has 1 radical (unpaired) electrons. The van der Waals surface area contributed by atoms with Crippen LogP contribution in [0, 0.1) is 6.07 Å². The smallest absolute Gasteiger partial charge is 0.0936 e. The number of hydrogen-bond donors (Lipinski definition) is 1. The quantitative estimate of drug-likeness (QED) is 0.706. The van der Waals surface area contributed by atoms with E-state index in [0.29, 0.717) is 0 Å². The normalized spacial score (nSPS) is 10.0. The lowest BCUT2D eigenvalue weighted by Gasteiger charge is -1.97. The van der Waals surface area contributed by atoms with Gasteiger partial charge in [0.1, 0.15) is 0 Å². The van der Waals surface area contributed by atoms with Gasteiger partial charge in [0.15, 0.2) is 0 Å². The van der Waals surface area contributed by atoms with E-state index in [4.69, 9.17) is 5.73 Å². The molecule has 2 N–H and O–H groups in total. The van der Waals surface area contributed by atoms with Gasteiger partial charge in [0.2, 0.25) is 0 Å². The van der Waals surface area contributed by atoms with Gasteiger partial charge in [0, 0.05) is 5.56 Å². The summed E-state index contributed by atoms with van der Waals surface area (Å²) < 4.78 is 0. The number of anilines is 1. The summed E-state index contributed by atoms with van der Waals surface area (Å²) in [4.78, 5) is 0. The Morgan fingerprint density at radius 3 is 2.50 bits per heavy atom. The highest BCUT2D eigenvalue weighted by Gasteiger charge is 2.01. The second-order valence-electron chi connectivity index (χ2n) is 2.49. The molecule has 0 unspecified atom stereocenters. The predicted molar refractivity (Wildman–Crippen MR) is 53.0 cm³/mol. The molecule has 1 heterocycles. The zero-order chi connectivity index (χ0) is 8.39. The Morgan fingerprint density at radius 1 is 1.17 bits per heavy atom. The van der Waals surface area contributed by atoms with Crippen molar-refractivity contribution in [2.75, 3.05) is 5.73 Å². The Balaban J connectivity index is 2.51. The van der Waals surface area contributed by atoms with Crippen molar-refractivity contribution in [2.45, 2.75) is 0 Å². The monoisotopic (exact) mass is 174 g/mol. The van der Waals surface area contributed by atoms with Gasteiger partial charge in [0.25, 0.3) is 0 Å². The Bertz CT molecular complexity index is 364. The van der Waals surface area contributed by atoms with E-state index < -0.39 is 0 Å². The lowest BCUT2D eigenvalue weighted by Crippen LogP contribution is -1.82. The number of thiophene rings is 1. The van der Waals surface area contributed by atoms with Crippen molar-refractivity contribution in [3.63, 3.8) is 0 Å². The molecule has 0 aliphatic rings. The topological polar surface area (TPSA) is 26.0 Å². The number of hydrogen-bond acceptors (Lipinski definition) is 2. The minimum Gasteiger partial charge on any atom is -0.390 e. The first kappa shape index (κ1) is 7.37. The molecular weight excluding hydrogens is 166 g/mol. The summed E-state index contributed by atoms with van der Waals surface area (Å²) in [7, 11) is 0. The van der Waals surface area contributed by atoms with Gasteiger partial charge in [0.05, 0.1) is 5.00 Å². The van der Waals surface area contributed by atoms with E-state index in [1.54, 1.807) is 11.3 Å². The maximum atomic E-state index is 5.78. The van der Waals surface area contributed by atoms with Crippen LogP contribution in [0.3, 0.4) is 0 Å². The minimum absolute atomic E-state index is 0.876. The molecule has 0 amide bonds. The van der Waals surface area contributed by atoms with Crippen molar-refractivity contribution >= 4 is 16.3 Å². The molecule has 0 fully saturated rings. The van der Waals surface area contributed by atoms with E-state index in [-0.39, 0.29) is 0 Å². The van der Waals surface area contributed by atoms with Crippen LogP contribution in [0.15, 0.2) is 35.7 Å². The van der Waals surface area contributed by atoms with Crippen LogP contribution in [0.1, 0.15) is 0 Å². The molecule has 0 spiro atoms. The van der Waals surface area contributed by atoms with Crippen molar-refractivity contribution in [2.24, 2.45) is 0 Å². The van der Waals surface area contributed by atoms with Gasteiger partial charge in [-0.3, -0.25) is 0 Å². The van der Waals surface area contributed by atoms with Gasteiger partial charge < -0.3 is 5.73 Å². The molecule has 0 aliphatic carbocycles. The standard InChI is InChI=1S/C10H8NS/c11-10-9(6-7-12-10)8-4-2-1-3-5-8/h2-7H,11H2. The molecule has 59 valence electrons. The number of nitrogens with two attached hydrogens (primary N) is 1. The molecule has 2 heteroatoms. The summed E-state index contributed by atoms with van der Waals surface area (Å²) in [6, 6.07) is 12.8. The minimum atomic E-state index is 0.876. The first-order valence-electron chi connectivity index (χ1n) is 3.67. The third-order valence-electron chi connectivity index (χ3n) is 1.72. The average molecular weight is 174 g/mol. The molecule has 2 aromatic rings. The van der Waals surface area contributed by atoms with Crippen molar-refractivity contribution in [3.05, 3.63) is 41.8 Å². The number of rotatable bonds is 1. The van der Waals surface area contributed by atoms with Crippen LogP contribution in [0.25, 0.3) is 11.1 Å². The Morgan fingerprint density at radius 2 is 1.92 bits per heavy atom. The number of benzene rings is 1. The van der Waals surface area contributed by atoms with Crippen molar-refractivity contribution in [1.82, 2.24) is 0 Å². The molecule has 0 saturated heterocycles. The second-order valence-corrected chi connectivity index (χ2v) is 3.43. The van der Waals surface area contributed by atoms with Gasteiger partial charge in [-0.25, -0.2) is 0 Å². The van der Waals surface area contributed by atoms with Crippen molar-refractivity contribution in [3.8, 4) is 11.1 Å². The highest BCUT2D eigenvalue weighted by Crippen LogP contribution is 2.29. The van der Waals surface area contributed by atoms with Crippen molar-refractivity contribution < 1.29 is 0 Å². The molecule has 0 bridgehead atoms. The third kappa shape index (κ3) is 1.21. The first-order valence-corrected chi connectivity index (χ1v) is 4.55. The molecule has 0 saturated carbocycles. The average Bonchev–Trinajstić information content (AvgIpc) is 2.53. The lowest BCUT2D eigenvalue weighted by atomic mass is 10.1. The lowest BCUT2D eigenvalue weighted by molar-refractivity contribution is 1.66. The molecule has 0 aliphatic heterocycles. The van der Waals surface area contributed by atoms with Crippen molar-refractivity contribution in [1.29, 1.82) is 0 Å². The molecule has 1 aromatic carbocycles. The highest BCUT2D eigenvalue weighted by atomic mass is 32.1. The second kappa shape index (κ2) is 2.99. The van der Waals surface area contributed by atoms with Crippen LogP contribution in [-0.4, -0.2) is 0 Å². The molecule has 1 aromatic heterocycles. The molecular formula is C10H8NS. The summed E-state index contributed by atoms with van der Waals surface area (Å²) in [6.07, 6.45) is 0. The van der Waals surface area contributed by atoms with Crippen LogP contribution in [0.2, 0.25) is 0 Å². The van der Waals surface area contributed by atoms with Crippen LogP contribution < -0.4 is 5.73 Å². The fourth-order valence-electron chi connectivity index (χ4n) is 1.13. The van der Waals surface area contributed by atoms with Gasteiger partial charge >= 0.3 is 0 Å². The Hall–Kier alpha value is -1.28. The largest absolute Gasteiger partial charge is 0.390 e. The van der Waals surface area contributed by atoms with E-state index in [9.17, 15) is 0 Å². The van der Waals surface area contributed by atoms with Crippen LogP contribution in [0.4, 0.5) is 5.00 Å². The molecule has 12 heavy (non-hydrogen) atoms. The third-order valence-corrected chi connectivity index (χ3v) is 2.47. The van der Waals surface area contributed by atoms with E-state index >= 15 is 0 Å². The first-order chi connectivity index (χ1) is 5.88. The van der Waals surface area contributed by atoms with E-state index in [1.165, 1.54) is 0 Å². The zero-order valence-corrected chi connectivity index (χ0v) is 7.27. The summed E-state index contributed by atoms with van der Waals surface area (Å²) in [5, 5.41) is 2.88. The van der Waals surface area contributed by atoms with E-state index in [1.807, 2.05) is 35.7 Å². The Labute approximate surface area is 75.5 Å². The van der Waals surface area contributed by atoms with Gasteiger partial charge in [-0.15, -0.1) is 11.3 Å². The van der Waals surface area contributed by atoms with Gasteiger partial charge in [-0.05, 0) is 23.1 Å². The maximum Gasteiger partial charge on any atom is 0.0936 e. The Kier molecular flexibility index (Phi) is 1.84. The molecule has 0 atom stereocenters. The molecule has 2 rings (SSSR count). The highest BCUT2D eigenvalue weighted by molar-refractivity contribution is 7.14. The van der Waals surface area contributed by atoms with Crippen LogP contribution in [-0.2, 0) is 0 Å². The summed E-state index contributed by atoms with van der Waals surface area (Å²) >= 11 is 1.57. The number of nitrogen functional groups attached to an aromatic ring is 1. The summed E-state index contributed by atoms with van der Waals surface area (Å²) in [5.74, 6) is 0. The molecule has 1 nitrogen and oxygen atoms in total. The SMILES string of the molecule is Nc1sccc1-c1cc[c]cc1. The van der Waals surface area contributed by atoms with E-state index in [2.05, 4.69) is 6.07 Å². The van der Waals surface area contributed by atoms with E-state index in [0.717, 1.165) is 16.1 Å². The zero-order valence-electron chi connectivity index (χ0n) is 6.45.